The van der Waals surface area contributed by atoms with Gasteiger partial charge in [-0.25, -0.2) is 9.78 Å². The van der Waals surface area contributed by atoms with Crippen molar-refractivity contribution in [3.8, 4) is 0 Å². The second kappa shape index (κ2) is 9.12. The molecule has 2 aromatic carbocycles. The third kappa shape index (κ3) is 4.66. The summed E-state index contributed by atoms with van der Waals surface area (Å²) < 4.78 is 6.03. The summed E-state index contributed by atoms with van der Waals surface area (Å²) >= 11 is 4.67. The second-order valence-electron chi connectivity index (χ2n) is 6.05. The summed E-state index contributed by atoms with van der Waals surface area (Å²) in [6.07, 6.45) is 0.935. The number of halogens is 1. The lowest BCUT2D eigenvalue weighted by Gasteiger charge is -2.18. The number of carbonyl (C=O) groups excluding carboxylic acids is 2. The Morgan fingerprint density at radius 2 is 1.86 bits per heavy atom. The number of aryl methyl sites for hydroxylation is 1. The number of anilines is 2. The van der Waals surface area contributed by atoms with E-state index < -0.39 is 5.97 Å². The minimum Gasteiger partial charge on any atom is -0.456 e. The van der Waals surface area contributed by atoms with Gasteiger partial charge in [-0.15, -0.1) is 11.3 Å². The summed E-state index contributed by atoms with van der Waals surface area (Å²) in [6, 6.07) is 14.9. The minimum absolute atomic E-state index is 0.0389. The van der Waals surface area contributed by atoms with Gasteiger partial charge in [-0.1, -0.05) is 31.2 Å². The molecule has 1 aromatic heterocycles. The zero-order valence-corrected chi connectivity index (χ0v) is 17.9. The molecule has 0 N–H and O–H groups in total. The quantitative estimate of drug-likeness (QED) is 0.456. The van der Waals surface area contributed by atoms with Crippen LogP contribution in [-0.2, 0) is 22.6 Å². The summed E-state index contributed by atoms with van der Waals surface area (Å²) in [6.45, 7) is 3.62. The third-order valence-corrected chi connectivity index (χ3v) is 5.66. The van der Waals surface area contributed by atoms with E-state index in [0.29, 0.717) is 20.9 Å². The van der Waals surface area contributed by atoms with Crippen LogP contribution in [-0.4, -0.2) is 16.9 Å². The zero-order chi connectivity index (χ0) is 20.1. The van der Waals surface area contributed by atoms with Crippen molar-refractivity contribution in [3.05, 3.63) is 75.2 Å². The van der Waals surface area contributed by atoms with Crippen LogP contribution in [0.1, 0.15) is 35.5 Å². The standard InChI is InChI=1S/C21H19BrN2O3S/c1-3-15-8-10-17(11-9-15)24(14(2)25)21-23-16(13-28-21)12-27-20(26)18-6-4-5-7-19(18)22/h4-11,13H,3,12H2,1-2H3. The first-order valence-electron chi connectivity index (χ1n) is 8.75. The Bertz CT molecular complexity index is 985. The van der Waals surface area contributed by atoms with Gasteiger partial charge in [0.05, 0.1) is 16.9 Å². The molecule has 0 aliphatic rings. The number of aromatic nitrogens is 1. The van der Waals surface area contributed by atoms with Gasteiger partial charge < -0.3 is 4.74 Å². The van der Waals surface area contributed by atoms with Crippen LogP contribution < -0.4 is 4.90 Å². The SMILES string of the molecule is CCc1ccc(N(C(C)=O)c2nc(COC(=O)c3ccccc3Br)cs2)cc1. The van der Waals surface area contributed by atoms with Gasteiger partial charge in [0.1, 0.15) is 6.61 Å². The molecule has 144 valence electrons. The normalized spacial score (nSPS) is 10.5. The van der Waals surface area contributed by atoms with Gasteiger partial charge in [-0.2, -0.15) is 0 Å². The van der Waals surface area contributed by atoms with Crippen LogP contribution in [0.4, 0.5) is 10.8 Å². The van der Waals surface area contributed by atoms with Crippen molar-refractivity contribution in [2.75, 3.05) is 4.90 Å². The predicted molar refractivity (Wildman–Crippen MR) is 114 cm³/mol. The molecule has 0 unspecified atom stereocenters. The smallest absolute Gasteiger partial charge is 0.339 e. The first kappa shape index (κ1) is 20.2. The molecule has 0 aliphatic heterocycles. The van der Waals surface area contributed by atoms with Crippen LogP contribution in [0.5, 0.6) is 0 Å². The summed E-state index contributed by atoms with van der Waals surface area (Å²) in [5, 5.41) is 2.34. The number of carbonyl (C=O) groups is 2. The Morgan fingerprint density at radius 3 is 2.50 bits per heavy atom. The van der Waals surface area contributed by atoms with E-state index >= 15 is 0 Å². The third-order valence-electron chi connectivity index (χ3n) is 4.09. The van der Waals surface area contributed by atoms with Gasteiger partial charge in [0.25, 0.3) is 0 Å². The zero-order valence-electron chi connectivity index (χ0n) is 15.5. The highest BCUT2D eigenvalue weighted by atomic mass is 79.9. The van der Waals surface area contributed by atoms with E-state index in [-0.39, 0.29) is 12.5 Å². The molecular weight excluding hydrogens is 440 g/mol. The van der Waals surface area contributed by atoms with Crippen LogP contribution in [0.25, 0.3) is 0 Å². The topological polar surface area (TPSA) is 59.5 Å². The van der Waals surface area contributed by atoms with Crippen molar-refractivity contribution in [3.63, 3.8) is 0 Å². The second-order valence-corrected chi connectivity index (χ2v) is 7.74. The number of hydrogen-bond donors (Lipinski definition) is 0. The Morgan fingerprint density at radius 1 is 1.14 bits per heavy atom. The van der Waals surface area contributed by atoms with E-state index in [1.165, 1.54) is 23.8 Å². The van der Waals surface area contributed by atoms with Crippen molar-refractivity contribution in [2.45, 2.75) is 26.9 Å². The fourth-order valence-corrected chi connectivity index (χ4v) is 3.94. The van der Waals surface area contributed by atoms with Crippen molar-refractivity contribution < 1.29 is 14.3 Å². The molecule has 1 heterocycles. The van der Waals surface area contributed by atoms with Gasteiger partial charge in [0, 0.05) is 16.8 Å². The maximum Gasteiger partial charge on any atom is 0.339 e. The molecule has 3 aromatic rings. The Hall–Kier alpha value is -2.51. The number of thiazole rings is 1. The molecule has 0 atom stereocenters. The summed E-state index contributed by atoms with van der Waals surface area (Å²) in [4.78, 5) is 30.5. The molecule has 0 bridgehead atoms. The number of benzene rings is 2. The molecule has 0 saturated carbocycles. The lowest BCUT2D eigenvalue weighted by atomic mass is 10.1. The number of hydrogen-bond acceptors (Lipinski definition) is 5. The van der Waals surface area contributed by atoms with E-state index in [1.807, 2.05) is 30.3 Å². The van der Waals surface area contributed by atoms with Crippen molar-refractivity contribution >= 4 is 50.0 Å². The Labute approximate surface area is 176 Å². The van der Waals surface area contributed by atoms with Crippen LogP contribution in [0, 0.1) is 0 Å². The fourth-order valence-electron chi connectivity index (χ4n) is 2.62. The summed E-state index contributed by atoms with van der Waals surface area (Å²) in [5.74, 6) is -0.559. The summed E-state index contributed by atoms with van der Waals surface area (Å²) in [7, 11) is 0. The highest BCUT2D eigenvalue weighted by molar-refractivity contribution is 9.10. The molecule has 0 spiro atoms. The fraction of sp³-hybridized carbons (Fsp3) is 0.190. The van der Waals surface area contributed by atoms with E-state index in [9.17, 15) is 9.59 Å². The molecule has 7 heteroatoms. The molecule has 3 rings (SSSR count). The first-order chi connectivity index (χ1) is 13.5. The van der Waals surface area contributed by atoms with Crippen LogP contribution in [0.15, 0.2) is 58.4 Å². The number of rotatable bonds is 6. The van der Waals surface area contributed by atoms with Crippen LogP contribution in [0.3, 0.4) is 0 Å². The highest BCUT2D eigenvalue weighted by Crippen LogP contribution is 2.29. The molecule has 0 saturated heterocycles. The van der Waals surface area contributed by atoms with Crippen molar-refractivity contribution in [1.82, 2.24) is 4.98 Å². The molecule has 5 nitrogen and oxygen atoms in total. The average molecular weight is 459 g/mol. The van der Waals surface area contributed by atoms with E-state index in [1.54, 1.807) is 28.5 Å². The van der Waals surface area contributed by atoms with Crippen LogP contribution in [0.2, 0.25) is 0 Å². The number of ether oxygens (including phenoxy) is 1. The highest BCUT2D eigenvalue weighted by Gasteiger charge is 2.19. The number of amides is 1. The maximum atomic E-state index is 12.2. The molecule has 0 fully saturated rings. The van der Waals surface area contributed by atoms with Gasteiger partial charge in [-0.3, -0.25) is 9.69 Å². The maximum absolute atomic E-state index is 12.2. The van der Waals surface area contributed by atoms with Gasteiger partial charge in [-0.05, 0) is 52.2 Å². The summed E-state index contributed by atoms with van der Waals surface area (Å²) in [5.41, 5.74) is 3.01. The Balaban J connectivity index is 1.73. The van der Waals surface area contributed by atoms with Gasteiger partial charge >= 0.3 is 5.97 Å². The van der Waals surface area contributed by atoms with Gasteiger partial charge in [0.2, 0.25) is 5.91 Å². The average Bonchev–Trinajstić information content (AvgIpc) is 3.15. The van der Waals surface area contributed by atoms with Crippen molar-refractivity contribution in [2.24, 2.45) is 0 Å². The predicted octanol–water partition coefficient (Wildman–Crippen LogP) is 5.51. The van der Waals surface area contributed by atoms with E-state index in [4.69, 9.17) is 4.74 Å². The molecule has 0 aliphatic carbocycles. The van der Waals surface area contributed by atoms with Gasteiger partial charge in [0.15, 0.2) is 5.13 Å². The van der Waals surface area contributed by atoms with E-state index in [2.05, 4.69) is 27.8 Å². The minimum atomic E-state index is -0.430. The monoisotopic (exact) mass is 458 g/mol. The molecule has 0 radical (unpaired) electrons. The molecule has 1 amide bonds. The number of nitrogens with zero attached hydrogens (tertiary/aromatic N) is 2. The van der Waals surface area contributed by atoms with Crippen molar-refractivity contribution in [1.29, 1.82) is 0 Å². The van der Waals surface area contributed by atoms with Crippen LogP contribution >= 0.6 is 27.3 Å². The molecular formula is C21H19BrN2O3S. The number of esters is 1. The lowest BCUT2D eigenvalue weighted by Crippen LogP contribution is -2.22. The lowest BCUT2D eigenvalue weighted by molar-refractivity contribution is -0.115. The molecule has 28 heavy (non-hydrogen) atoms. The largest absolute Gasteiger partial charge is 0.456 e. The van der Waals surface area contributed by atoms with E-state index in [0.717, 1.165) is 12.1 Å². The Kier molecular flexibility index (Phi) is 6.59. The first-order valence-corrected chi connectivity index (χ1v) is 10.4.